The van der Waals surface area contributed by atoms with Crippen molar-refractivity contribution in [2.75, 3.05) is 6.54 Å². The summed E-state index contributed by atoms with van der Waals surface area (Å²) >= 11 is 3.12. The van der Waals surface area contributed by atoms with Gasteiger partial charge in [-0.3, -0.25) is 9.59 Å². The van der Waals surface area contributed by atoms with Gasteiger partial charge in [-0.25, -0.2) is 4.39 Å². The van der Waals surface area contributed by atoms with Crippen LogP contribution < -0.4 is 10.1 Å². The third-order valence-corrected chi connectivity index (χ3v) is 2.82. The fourth-order valence-corrected chi connectivity index (χ4v) is 1.70. The number of benzene rings is 1. The fourth-order valence-electron chi connectivity index (χ4n) is 1.25. The minimum atomic E-state index is -0.991. The molecule has 0 radical (unpaired) electrons. The number of carboxylic acids is 1. The van der Waals surface area contributed by atoms with Crippen LogP contribution >= 0.6 is 15.9 Å². The Morgan fingerprint density at radius 1 is 1.53 bits per heavy atom. The molecule has 0 aliphatic carbocycles. The van der Waals surface area contributed by atoms with Crippen molar-refractivity contribution in [2.45, 2.75) is 19.4 Å². The van der Waals surface area contributed by atoms with Gasteiger partial charge < -0.3 is 15.2 Å². The van der Waals surface area contributed by atoms with Gasteiger partial charge in [-0.05, 0) is 41.1 Å². The molecule has 0 heterocycles. The molecule has 1 unspecified atom stereocenters. The van der Waals surface area contributed by atoms with Crippen molar-refractivity contribution in [1.82, 2.24) is 5.32 Å². The number of nitrogens with one attached hydrogen (secondary N) is 1. The topological polar surface area (TPSA) is 75.6 Å². The average Bonchev–Trinajstić information content (AvgIpc) is 2.32. The van der Waals surface area contributed by atoms with Crippen molar-refractivity contribution in [2.24, 2.45) is 0 Å². The molecular weight excluding hydrogens is 321 g/mol. The highest BCUT2D eigenvalue weighted by molar-refractivity contribution is 9.10. The van der Waals surface area contributed by atoms with Gasteiger partial charge in [0, 0.05) is 6.54 Å². The summed E-state index contributed by atoms with van der Waals surface area (Å²) in [5, 5.41) is 10.9. The molecule has 19 heavy (non-hydrogen) atoms. The molecule has 0 aliphatic heterocycles. The lowest BCUT2D eigenvalue weighted by Gasteiger charge is -2.15. The molecule has 5 nitrogen and oxygen atoms in total. The first-order chi connectivity index (χ1) is 8.90. The second kappa shape index (κ2) is 7.08. The van der Waals surface area contributed by atoms with Gasteiger partial charge in [-0.1, -0.05) is 0 Å². The molecule has 1 atom stereocenters. The monoisotopic (exact) mass is 333 g/mol. The van der Waals surface area contributed by atoms with Crippen LogP contribution in [0.4, 0.5) is 4.39 Å². The Balaban J connectivity index is 2.51. The third-order valence-electron chi connectivity index (χ3n) is 2.20. The van der Waals surface area contributed by atoms with E-state index in [-0.39, 0.29) is 13.0 Å². The highest BCUT2D eigenvalue weighted by Crippen LogP contribution is 2.26. The van der Waals surface area contributed by atoms with Gasteiger partial charge in [-0.2, -0.15) is 0 Å². The lowest BCUT2D eigenvalue weighted by molar-refractivity contribution is -0.137. The highest BCUT2D eigenvalue weighted by Gasteiger charge is 2.16. The van der Waals surface area contributed by atoms with Crippen molar-refractivity contribution in [1.29, 1.82) is 0 Å². The van der Waals surface area contributed by atoms with E-state index in [1.54, 1.807) is 0 Å². The number of halogens is 2. The molecule has 0 aromatic heterocycles. The standard InChI is InChI=1S/C12H13BrFNO4/c1-7(12(18)15-5-4-11(16)17)19-10-3-2-8(14)6-9(10)13/h2-3,6-7H,4-5H2,1H3,(H,15,18)(H,16,17). The third kappa shape index (κ3) is 5.25. The number of amides is 1. The van der Waals surface area contributed by atoms with Crippen LogP contribution in [0.15, 0.2) is 22.7 Å². The fraction of sp³-hybridized carbons (Fsp3) is 0.333. The van der Waals surface area contributed by atoms with E-state index in [2.05, 4.69) is 21.2 Å². The minimum absolute atomic E-state index is 0.0342. The maximum Gasteiger partial charge on any atom is 0.305 e. The maximum absolute atomic E-state index is 12.9. The predicted octanol–water partition coefficient (Wildman–Crippen LogP) is 1.95. The lowest BCUT2D eigenvalue weighted by Crippen LogP contribution is -2.37. The number of hydrogen-bond acceptors (Lipinski definition) is 3. The summed E-state index contributed by atoms with van der Waals surface area (Å²) in [5.74, 6) is -1.51. The van der Waals surface area contributed by atoms with E-state index in [9.17, 15) is 14.0 Å². The van der Waals surface area contributed by atoms with Gasteiger partial charge >= 0.3 is 5.97 Å². The molecule has 0 fully saturated rings. The van der Waals surface area contributed by atoms with Crippen LogP contribution in [0.1, 0.15) is 13.3 Å². The zero-order valence-corrected chi connectivity index (χ0v) is 11.7. The Morgan fingerprint density at radius 2 is 2.21 bits per heavy atom. The number of rotatable bonds is 6. The number of ether oxygens (including phenoxy) is 1. The number of hydrogen-bond donors (Lipinski definition) is 2. The van der Waals surface area contributed by atoms with Crippen LogP contribution in [0.5, 0.6) is 5.75 Å². The summed E-state index contributed by atoms with van der Waals surface area (Å²) in [5.41, 5.74) is 0. The molecule has 2 N–H and O–H groups in total. The Hall–Kier alpha value is -1.63. The van der Waals surface area contributed by atoms with E-state index in [0.717, 1.165) is 0 Å². The first-order valence-corrected chi connectivity index (χ1v) is 6.30. The van der Waals surface area contributed by atoms with Crippen LogP contribution in [-0.4, -0.2) is 29.6 Å². The van der Waals surface area contributed by atoms with Crippen molar-refractivity contribution < 1.29 is 23.8 Å². The molecule has 104 valence electrons. The Labute approximate surface area is 117 Å². The minimum Gasteiger partial charge on any atom is -0.481 e. The van der Waals surface area contributed by atoms with E-state index >= 15 is 0 Å². The predicted molar refractivity (Wildman–Crippen MR) is 69.5 cm³/mol. The molecule has 0 saturated carbocycles. The summed E-state index contributed by atoms with van der Waals surface area (Å²) in [6.07, 6.45) is -0.964. The second-order valence-electron chi connectivity index (χ2n) is 3.77. The van der Waals surface area contributed by atoms with Crippen LogP contribution in [0, 0.1) is 5.82 Å². The Kier molecular flexibility index (Phi) is 5.75. The molecule has 7 heteroatoms. The van der Waals surface area contributed by atoms with Crippen LogP contribution in [0.25, 0.3) is 0 Å². The van der Waals surface area contributed by atoms with Crippen molar-refractivity contribution >= 4 is 27.8 Å². The summed E-state index contributed by atoms with van der Waals surface area (Å²) in [4.78, 5) is 21.9. The van der Waals surface area contributed by atoms with E-state index < -0.39 is 23.8 Å². The summed E-state index contributed by atoms with van der Waals surface area (Å²) in [6, 6.07) is 3.85. The van der Waals surface area contributed by atoms with Crippen LogP contribution in [-0.2, 0) is 9.59 Å². The lowest BCUT2D eigenvalue weighted by atomic mass is 10.3. The van der Waals surface area contributed by atoms with Gasteiger partial charge in [0.15, 0.2) is 6.10 Å². The van der Waals surface area contributed by atoms with Crippen molar-refractivity contribution in [3.05, 3.63) is 28.5 Å². The molecule has 1 aromatic rings. The number of carbonyl (C=O) groups excluding carboxylic acids is 1. The van der Waals surface area contributed by atoms with Gasteiger partial charge in [0.2, 0.25) is 0 Å². The van der Waals surface area contributed by atoms with Crippen molar-refractivity contribution in [3.63, 3.8) is 0 Å². The van der Waals surface area contributed by atoms with Gasteiger partial charge in [0.1, 0.15) is 11.6 Å². The molecule has 1 rings (SSSR count). The van der Waals surface area contributed by atoms with E-state index in [1.807, 2.05) is 0 Å². The Morgan fingerprint density at radius 3 is 2.79 bits per heavy atom. The van der Waals surface area contributed by atoms with Gasteiger partial charge in [0.25, 0.3) is 5.91 Å². The zero-order valence-electron chi connectivity index (χ0n) is 10.2. The van der Waals surface area contributed by atoms with Gasteiger partial charge in [0.05, 0.1) is 10.9 Å². The molecule has 0 aliphatic rings. The SMILES string of the molecule is CC(Oc1ccc(F)cc1Br)C(=O)NCCC(=O)O. The van der Waals surface area contributed by atoms with E-state index in [4.69, 9.17) is 9.84 Å². The smallest absolute Gasteiger partial charge is 0.305 e. The number of carboxylic acid groups (broad SMARTS) is 1. The normalized spacial score (nSPS) is 11.7. The molecule has 0 bridgehead atoms. The van der Waals surface area contributed by atoms with E-state index in [0.29, 0.717) is 10.2 Å². The van der Waals surface area contributed by atoms with Crippen LogP contribution in [0.3, 0.4) is 0 Å². The van der Waals surface area contributed by atoms with Crippen LogP contribution in [0.2, 0.25) is 0 Å². The maximum atomic E-state index is 12.9. The zero-order chi connectivity index (χ0) is 14.4. The number of carbonyl (C=O) groups is 2. The number of aliphatic carboxylic acids is 1. The molecule has 1 aromatic carbocycles. The van der Waals surface area contributed by atoms with Crippen molar-refractivity contribution in [3.8, 4) is 5.75 Å². The quantitative estimate of drug-likeness (QED) is 0.834. The summed E-state index contributed by atoms with van der Waals surface area (Å²) < 4.78 is 18.6. The Bertz CT molecular complexity index is 481. The first kappa shape index (κ1) is 15.4. The second-order valence-corrected chi connectivity index (χ2v) is 4.62. The average molecular weight is 334 g/mol. The summed E-state index contributed by atoms with van der Waals surface area (Å²) in [6.45, 7) is 1.55. The highest BCUT2D eigenvalue weighted by atomic mass is 79.9. The molecule has 0 saturated heterocycles. The first-order valence-electron chi connectivity index (χ1n) is 5.51. The van der Waals surface area contributed by atoms with Gasteiger partial charge in [-0.15, -0.1) is 0 Å². The molecule has 0 spiro atoms. The molecular formula is C12H13BrFNO4. The largest absolute Gasteiger partial charge is 0.481 e. The van der Waals surface area contributed by atoms with E-state index in [1.165, 1.54) is 25.1 Å². The molecule has 1 amide bonds. The summed E-state index contributed by atoms with van der Waals surface area (Å²) in [7, 11) is 0.